The summed E-state index contributed by atoms with van der Waals surface area (Å²) in [6, 6.07) is 3.44. The molecule has 0 atom stereocenters. The van der Waals surface area contributed by atoms with Crippen molar-refractivity contribution in [3.05, 3.63) is 18.3 Å². The normalized spacial score (nSPS) is 10.2. The van der Waals surface area contributed by atoms with Gasteiger partial charge >= 0.3 is 7.12 Å². The highest BCUT2D eigenvalue weighted by Gasteiger charge is 2.14. The summed E-state index contributed by atoms with van der Waals surface area (Å²) in [5.41, 5.74) is 0.493. The summed E-state index contributed by atoms with van der Waals surface area (Å²) in [6.07, 6.45) is 1.79. The molecule has 0 aliphatic rings. The molecule has 2 N–H and O–H groups in total. The van der Waals surface area contributed by atoms with E-state index in [0.29, 0.717) is 18.7 Å². The van der Waals surface area contributed by atoms with Gasteiger partial charge in [0, 0.05) is 25.4 Å². The lowest BCUT2D eigenvalue weighted by atomic mass is 9.86. The Kier molecular flexibility index (Phi) is 3.34. The van der Waals surface area contributed by atoms with Crippen LogP contribution in [0.1, 0.15) is 0 Å². The summed E-state index contributed by atoms with van der Waals surface area (Å²) in [5, 5.41) is 17.8. The van der Waals surface area contributed by atoms with E-state index in [4.69, 9.17) is 14.8 Å². The Bertz CT molecular complexity index is 236. The van der Waals surface area contributed by atoms with Crippen LogP contribution >= 0.6 is 0 Å². The lowest BCUT2D eigenvalue weighted by molar-refractivity contribution is 0.188. The van der Waals surface area contributed by atoms with Crippen molar-refractivity contribution in [2.45, 2.75) is 6.54 Å². The maximum absolute atomic E-state index is 8.89. The van der Waals surface area contributed by atoms with Gasteiger partial charge in [0.1, 0.15) is 0 Å². The molecule has 0 radical (unpaired) electrons. The van der Waals surface area contributed by atoms with E-state index in [1.54, 1.807) is 30.0 Å². The zero-order valence-electron chi connectivity index (χ0n) is 6.97. The van der Waals surface area contributed by atoms with Gasteiger partial charge in [-0.2, -0.15) is 0 Å². The van der Waals surface area contributed by atoms with Crippen molar-refractivity contribution in [1.29, 1.82) is 0 Å². The zero-order valence-corrected chi connectivity index (χ0v) is 6.97. The predicted molar refractivity (Wildman–Crippen MR) is 46.1 cm³/mol. The van der Waals surface area contributed by atoms with Gasteiger partial charge < -0.3 is 19.4 Å². The van der Waals surface area contributed by atoms with Crippen molar-refractivity contribution in [3.8, 4) is 0 Å². The number of aromatic nitrogens is 1. The maximum atomic E-state index is 8.89. The van der Waals surface area contributed by atoms with E-state index >= 15 is 0 Å². The lowest BCUT2D eigenvalue weighted by Crippen LogP contribution is -2.36. The highest BCUT2D eigenvalue weighted by Crippen LogP contribution is 1.89. The van der Waals surface area contributed by atoms with Crippen LogP contribution in [0, 0.1) is 0 Å². The monoisotopic (exact) mass is 169 g/mol. The number of hydrogen-bond acceptors (Lipinski definition) is 3. The molecule has 1 aromatic rings. The van der Waals surface area contributed by atoms with E-state index in [-0.39, 0.29) is 0 Å². The van der Waals surface area contributed by atoms with Gasteiger partial charge in [-0.25, -0.2) is 0 Å². The second kappa shape index (κ2) is 4.30. The summed E-state index contributed by atoms with van der Waals surface area (Å²) >= 11 is 0. The average molecular weight is 169 g/mol. The number of methoxy groups -OCH3 is 1. The second-order valence-electron chi connectivity index (χ2n) is 2.49. The number of hydrogen-bond donors (Lipinski definition) is 2. The molecule has 0 aromatic carbocycles. The van der Waals surface area contributed by atoms with Crippen molar-refractivity contribution in [1.82, 2.24) is 4.57 Å². The number of rotatable bonds is 4. The fourth-order valence-corrected chi connectivity index (χ4v) is 1.05. The fourth-order valence-electron chi connectivity index (χ4n) is 1.05. The summed E-state index contributed by atoms with van der Waals surface area (Å²) in [4.78, 5) is 0. The van der Waals surface area contributed by atoms with Gasteiger partial charge in [-0.15, -0.1) is 0 Å². The molecular formula is C7H12BNO3. The third-order valence-electron chi connectivity index (χ3n) is 1.67. The van der Waals surface area contributed by atoms with Crippen LogP contribution in [0.2, 0.25) is 0 Å². The van der Waals surface area contributed by atoms with Gasteiger partial charge in [0.25, 0.3) is 0 Å². The quantitative estimate of drug-likeness (QED) is 0.557. The molecule has 0 aliphatic heterocycles. The molecule has 0 bridgehead atoms. The van der Waals surface area contributed by atoms with Crippen LogP contribution in [0.15, 0.2) is 18.3 Å². The number of ether oxygens (including phenoxy) is 1. The minimum absolute atomic E-state index is 0.493. The van der Waals surface area contributed by atoms with Crippen molar-refractivity contribution in [2.24, 2.45) is 0 Å². The van der Waals surface area contributed by atoms with Crippen molar-refractivity contribution in [2.75, 3.05) is 13.7 Å². The fraction of sp³-hybridized carbons (Fsp3) is 0.429. The van der Waals surface area contributed by atoms with Crippen LogP contribution in [0.3, 0.4) is 0 Å². The van der Waals surface area contributed by atoms with E-state index in [1.165, 1.54) is 0 Å². The van der Waals surface area contributed by atoms with E-state index in [1.807, 2.05) is 0 Å². The molecule has 5 heteroatoms. The summed E-state index contributed by atoms with van der Waals surface area (Å²) in [6.45, 7) is 1.20. The van der Waals surface area contributed by atoms with E-state index in [2.05, 4.69) is 0 Å². The van der Waals surface area contributed by atoms with E-state index in [0.717, 1.165) is 0 Å². The molecule has 0 fully saturated rings. The van der Waals surface area contributed by atoms with Crippen LogP contribution in [0.5, 0.6) is 0 Å². The van der Waals surface area contributed by atoms with Crippen molar-refractivity contribution < 1.29 is 14.8 Å². The van der Waals surface area contributed by atoms with Gasteiger partial charge in [0.2, 0.25) is 0 Å². The van der Waals surface area contributed by atoms with E-state index in [9.17, 15) is 0 Å². The standard InChI is InChI=1S/C7H12BNO3/c1-12-6-5-9-4-2-3-7(9)8(10)11/h2-4,10-11H,5-6H2,1H3. The molecule has 12 heavy (non-hydrogen) atoms. The highest BCUT2D eigenvalue weighted by molar-refractivity contribution is 6.57. The highest BCUT2D eigenvalue weighted by atomic mass is 16.5. The summed E-state index contributed by atoms with van der Waals surface area (Å²) in [5.74, 6) is 0. The molecule has 0 amide bonds. The molecule has 4 nitrogen and oxygen atoms in total. The third kappa shape index (κ3) is 2.10. The molecule has 0 aliphatic carbocycles. The second-order valence-corrected chi connectivity index (χ2v) is 2.49. The van der Waals surface area contributed by atoms with Crippen LogP contribution in [-0.2, 0) is 11.3 Å². The summed E-state index contributed by atoms with van der Waals surface area (Å²) in [7, 11) is 0.204. The first-order valence-corrected chi connectivity index (χ1v) is 3.76. The molecule has 0 spiro atoms. The first kappa shape index (κ1) is 9.31. The third-order valence-corrected chi connectivity index (χ3v) is 1.67. The van der Waals surface area contributed by atoms with Gasteiger partial charge in [0.15, 0.2) is 0 Å². The Morgan fingerprint density at radius 1 is 1.58 bits per heavy atom. The number of nitrogens with zero attached hydrogens (tertiary/aromatic N) is 1. The molecule has 1 aromatic heterocycles. The Morgan fingerprint density at radius 3 is 2.92 bits per heavy atom. The largest absolute Gasteiger partial charge is 0.505 e. The molecular weight excluding hydrogens is 157 g/mol. The summed E-state index contributed by atoms with van der Waals surface area (Å²) < 4.78 is 6.61. The zero-order chi connectivity index (χ0) is 8.97. The van der Waals surface area contributed by atoms with Crippen LogP contribution in [-0.4, -0.2) is 35.5 Å². The van der Waals surface area contributed by atoms with Gasteiger partial charge in [-0.3, -0.25) is 0 Å². The first-order chi connectivity index (χ1) is 5.75. The van der Waals surface area contributed by atoms with E-state index < -0.39 is 7.12 Å². The lowest BCUT2D eigenvalue weighted by Gasteiger charge is -2.06. The van der Waals surface area contributed by atoms with Gasteiger partial charge in [-0.1, -0.05) is 0 Å². The predicted octanol–water partition coefficient (Wildman–Crippen LogP) is -1.19. The van der Waals surface area contributed by atoms with Crippen LogP contribution < -0.4 is 5.59 Å². The Labute approximate surface area is 71.5 Å². The molecule has 1 heterocycles. The Hall–Kier alpha value is -0.775. The van der Waals surface area contributed by atoms with Crippen LogP contribution in [0.25, 0.3) is 0 Å². The molecule has 66 valence electrons. The molecule has 1 rings (SSSR count). The maximum Gasteiger partial charge on any atom is 0.505 e. The van der Waals surface area contributed by atoms with Crippen molar-refractivity contribution in [3.63, 3.8) is 0 Å². The Morgan fingerprint density at radius 2 is 2.33 bits per heavy atom. The minimum Gasteiger partial charge on any atom is -0.422 e. The Balaban J connectivity index is 2.64. The minimum atomic E-state index is -1.41. The molecule has 0 unspecified atom stereocenters. The topological polar surface area (TPSA) is 54.6 Å². The van der Waals surface area contributed by atoms with Crippen molar-refractivity contribution >= 4 is 12.7 Å². The average Bonchev–Trinajstić information content (AvgIpc) is 2.48. The van der Waals surface area contributed by atoms with Crippen LogP contribution in [0.4, 0.5) is 0 Å². The first-order valence-electron chi connectivity index (χ1n) is 3.76. The smallest absolute Gasteiger partial charge is 0.422 e. The molecule has 0 saturated heterocycles. The molecule has 0 saturated carbocycles. The van der Waals surface area contributed by atoms with Gasteiger partial charge in [-0.05, 0) is 12.1 Å². The SMILES string of the molecule is COCCn1cccc1B(O)O. The van der Waals surface area contributed by atoms with Gasteiger partial charge in [0.05, 0.1) is 6.61 Å².